The van der Waals surface area contributed by atoms with E-state index in [2.05, 4.69) is 28.7 Å². The van der Waals surface area contributed by atoms with Crippen LogP contribution >= 0.6 is 0 Å². The second-order valence-corrected chi connectivity index (χ2v) is 8.33. The van der Waals surface area contributed by atoms with Gasteiger partial charge in [0.2, 0.25) is 5.71 Å². The van der Waals surface area contributed by atoms with E-state index < -0.39 is 0 Å². The molecule has 0 saturated carbocycles. The molecule has 0 spiro atoms. The topological polar surface area (TPSA) is 79.7 Å². The average Bonchev–Trinajstić information content (AvgIpc) is 3.32. The van der Waals surface area contributed by atoms with Crippen molar-refractivity contribution in [3.63, 3.8) is 0 Å². The number of furan rings is 1. The van der Waals surface area contributed by atoms with Crippen LogP contribution in [0.2, 0.25) is 0 Å². The third-order valence-corrected chi connectivity index (χ3v) is 6.27. The standard InChI is InChI=1S/C21H27N5O2/c1-13(2)17-15-5-3-4-14(15)16-18-19(28-21(16)24-17)20(23-12-22-18)26-8-6-25(7-9-26)10-11-27/h12-13,27H,3-11H2,1-2H3/p+1. The van der Waals surface area contributed by atoms with Crippen molar-refractivity contribution in [1.29, 1.82) is 0 Å². The maximum absolute atomic E-state index is 9.18. The van der Waals surface area contributed by atoms with Gasteiger partial charge in [-0.25, -0.2) is 15.0 Å². The first-order valence-electron chi connectivity index (χ1n) is 10.5. The molecule has 7 heteroatoms. The van der Waals surface area contributed by atoms with Crippen LogP contribution in [0.15, 0.2) is 10.7 Å². The Morgan fingerprint density at radius 3 is 2.71 bits per heavy atom. The van der Waals surface area contributed by atoms with Crippen LogP contribution < -0.4 is 9.80 Å². The Morgan fingerprint density at radius 2 is 1.96 bits per heavy atom. The summed E-state index contributed by atoms with van der Waals surface area (Å²) >= 11 is 0. The lowest BCUT2D eigenvalue weighted by atomic mass is 9.99. The Kier molecular flexibility index (Phi) is 4.44. The molecular formula is C21H28N5O2+. The summed E-state index contributed by atoms with van der Waals surface area (Å²) in [6.07, 6.45) is 5.02. The molecule has 3 aromatic rings. The molecule has 0 amide bonds. The average molecular weight is 382 g/mol. The molecular weight excluding hydrogens is 354 g/mol. The number of aromatic nitrogens is 3. The molecule has 1 saturated heterocycles. The number of anilines is 1. The van der Waals surface area contributed by atoms with Gasteiger partial charge in [0.15, 0.2) is 11.4 Å². The Hall–Kier alpha value is -2.25. The third kappa shape index (κ3) is 2.76. The van der Waals surface area contributed by atoms with E-state index in [0.29, 0.717) is 11.6 Å². The minimum Gasteiger partial charge on any atom is -0.432 e. The normalized spacial score (nSPS) is 17.9. The number of fused-ring (bicyclic) bond motifs is 5. The summed E-state index contributed by atoms with van der Waals surface area (Å²) in [6, 6.07) is 0. The molecule has 0 radical (unpaired) electrons. The number of hydrogen-bond acceptors (Lipinski definition) is 6. The molecule has 28 heavy (non-hydrogen) atoms. The van der Waals surface area contributed by atoms with Crippen molar-refractivity contribution in [2.24, 2.45) is 0 Å². The summed E-state index contributed by atoms with van der Waals surface area (Å²) in [5, 5.41) is 10.3. The van der Waals surface area contributed by atoms with Crippen LogP contribution in [0.3, 0.4) is 0 Å². The highest BCUT2D eigenvalue weighted by atomic mass is 16.3. The summed E-state index contributed by atoms with van der Waals surface area (Å²) in [4.78, 5) is 17.8. The second-order valence-electron chi connectivity index (χ2n) is 8.33. The minimum absolute atomic E-state index is 0.242. The molecule has 3 aromatic heterocycles. The number of nitrogens with one attached hydrogen (secondary N) is 1. The van der Waals surface area contributed by atoms with Gasteiger partial charge in [-0.2, -0.15) is 0 Å². The molecule has 1 fully saturated rings. The molecule has 2 N–H and O–H groups in total. The Labute approximate surface area is 164 Å². The van der Waals surface area contributed by atoms with E-state index in [0.717, 1.165) is 67.9 Å². The molecule has 0 atom stereocenters. The summed E-state index contributed by atoms with van der Waals surface area (Å²) in [5.74, 6) is 1.27. The highest BCUT2D eigenvalue weighted by Gasteiger charge is 2.28. The van der Waals surface area contributed by atoms with Crippen LogP contribution in [0, 0.1) is 0 Å². The number of aliphatic hydroxyl groups excluding tert-OH is 1. The summed E-state index contributed by atoms with van der Waals surface area (Å²) in [6.45, 7) is 9.26. The van der Waals surface area contributed by atoms with Crippen LogP contribution in [0.1, 0.15) is 43.0 Å². The van der Waals surface area contributed by atoms with Gasteiger partial charge in [-0.3, -0.25) is 0 Å². The zero-order chi connectivity index (χ0) is 19.3. The summed E-state index contributed by atoms with van der Waals surface area (Å²) < 4.78 is 6.30. The number of piperazine rings is 1. The van der Waals surface area contributed by atoms with Gasteiger partial charge in [0.25, 0.3) is 0 Å². The quantitative estimate of drug-likeness (QED) is 0.703. The van der Waals surface area contributed by atoms with Gasteiger partial charge in [-0.15, -0.1) is 0 Å². The van der Waals surface area contributed by atoms with Crippen LogP contribution in [-0.4, -0.2) is 59.4 Å². The van der Waals surface area contributed by atoms with Crippen LogP contribution in [0.5, 0.6) is 0 Å². The van der Waals surface area contributed by atoms with Crippen molar-refractivity contribution in [3.8, 4) is 0 Å². The fraction of sp³-hybridized carbons (Fsp3) is 0.571. The van der Waals surface area contributed by atoms with E-state index in [1.807, 2.05) is 0 Å². The smallest absolute Gasteiger partial charge is 0.229 e. The molecule has 5 rings (SSSR count). The SMILES string of the molecule is CC(C)c1nc2oc3c(N4CC[NH+](CCO)CC4)ncnc3c2c2c1CCC2. The highest BCUT2D eigenvalue weighted by Crippen LogP contribution is 2.40. The summed E-state index contributed by atoms with van der Waals surface area (Å²) in [5.41, 5.74) is 6.36. The third-order valence-electron chi connectivity index (χ3n) is 6.27. The fourth-order valence-electron chi connectivity index (χ4n) is 4.86. The highest BCUT2D eigenvalue weighted by molar-refractivity contribution is 6.06. The predicted molar refractivity (Wildman–Crippen MR) is 108 cm³/mol. The van der Waals surface area contributed by atoms with Crippen molar-refractivity contribution < 1.29 is 14.4 Å². The predicted octanol–water partition coefficient (Wildman–Crippen LogP) is 1.08. The van der Waals surface area contributed by atoms with Gasteiger partial charge in [0, 0.05) is 0 Å². The number of aliphatic hydroxyl groups is 1. The maximum atomic E-state index is 9.18. The lowest BCUT2D eigenvalue weighted by Gasteiger charge is -2.32. The maximum Gasteiger partial charge on any atom is 0.229 e. The van der Waals surface area contributed by atoms with Gasteiger partial charge in [0.1, 0.15) is 18.4 Å². The van der Waals surface area contributed by atoms with Crippen LogP contribution in [0.25, 0.3) is 22.2 Å². The largest absolute Gasteiger partial charge is 0.432 e. The fourth-order valence-corrected chi connectivity index (χ4v) is 4.86. The van der Waals surface area contributed by atoms with E-state index in [1.54, 1.807) is 6.33 Å². The number of rotatable bonds is 4. The molecule has 0 aromatic carbocycles. The van der Waals surface area contributed by atoms with E-state index in [4.69, 9.17) is 9.40 Å². The van der Waals surface area contributed by atoms with Crippen molar-refractivity contribution in [2.45, 2.75) is 39.0 Å². The minimum atomic E-state index is 0.242. The monoisotopic (exact) mass is 382 g/mol. The molecule has 0 bridgehead atoms. The first kappa shape index (κ1) is 17.8. The second kappa shape index (κ2) is 6.97. The molecule has 4 heterocycles. The molecule has 148 valence electrons. The van der Waals surface area contributed by atoms with Gasteiger partial charge >= 0.3 is 0 Å². The lowest BCUT2D eigenvalue weighted by molar-refractivity contribution is -0.900. The van der Waals surface area contributed by atoms with E-state index in [1.165, 1.54) is 28.1 Å². The Bertz CT molecular complexity index is 1020. The summed E-state index contributed by atoms with van der Waals surface area (Å²) in [7, 11) is 0. The zero-order valence-electron chi connectivity index (χ0n) is 16.7. The number of aryl methyl sites for hydroxylation is 1. The van der Waals surface area contributed by atoms with Gasteiger partial charge in [0.05, 0.1) is 43.9 Å². The first-order valence-corrected chi connectivity index (χ1v) is 10.5. The van der Waals surface area contributed by atoms with Crippen LogP contribution in [0.4, 0.5) is 5.82 Å². The van der Waals surface area contributed by atoms with Gasteiger partial charge < -0.3 is 19.3 Å². The molecule has 1 aliphatic heterocycles. The number of quaternary nitrogens is 1. The zero-order valence-corrected chi connectivity index (χ0v) is 16.7. The molecule has 0 unspecified atom stereocenters. The van der Waals surface area contributed by atoms with Crippen molar-refractivity contribution in [1.82, 2.24) is 15.0 Å². The molecule has 2 aliphatic rings. The number of pyridine rings is 1. The Morgan fingerprint density at radius 1 is 1.18 bits per heavy atom. The van der Waals surface area contributed by atoms with E-state index in [9.17, 15) is 5.11 Å². The molecule has 7 nitrogen and oxygen atoms in total. The van der Waals surface area contributed by atoms with E-state index >= 15 is 0 Å². The number of nitrogens with zero attached hydrogens (tertiary/aromatic N) is 4. The first-order chi connectivity index (χ1) is 13.7. The van der Waals surface area contributed by atoms with E-state index in [-0.39, 0.29) is 6.61 Å². The van der Waals surface area contributed by atoms with Crippen molar-refractivity contribution in [2.75, 3.05) is 44.2 Å². The number of hydrogen-bond donors (Lipinski definition) is 2. The van der Waals surface area contributed by atoms with Crippen LogP contribution in [-0.2, 0) is 12.8 Å². The van der Waals surface area contributed by atoms with Gasteiger partial charge in [-0.1, -0.05) is 13.8 Å². The molecule has 1 aliphatic carbocycles. The van der Waals surface area contributed by atoms with Gasteiger partial charge in [-0.05, 0) is 36.3 Å². The lowest BCUT2D eigenvalue weighted by Crippen LogP contribution is -3.15. The van der Waals surface area contributed by atoms with Crippen molar-refractivity contribution in [3.05, 3.63) is 23.1 Å². The Balaban J connectivity index is 1.62. The van der Waals surface area contributed by atoms with Crippen molar-refractivity contribution >= 4 is 28.0 Å².